The van der Waals surface area contributed by atoms with Gasteiger partial charge in [-0.15, -0.1) is 0 Å². The number of hydrogen-bond donors (Lipinski definition) is 1. The second kappa shape index (κ2) is 4.96. The smallest absolute Gasteiger partial charge is 0.215 e. The van der Waals surface area contributed by atoms with Crippen LogP contribution in [0.5, 0.6) is 5.88 Å². The van der Waals surface area contributed by atoms with Crippen LogP contribution in [-0.4, -0.2) is 22.1 Å². The molecule has 4 heteroatoms. The number of rotatable bonds is 3. The van der Waals surface area contributed by atoms with E-state index in [4.69, 9.17) is 4.74 Å². The molecule has 0 aromatic carbocycles. The fraction of sp³-hybridized carbons (Fsp3) is 0.571. The first-order valence-electron chi connectivity index (χ1n) is 6.75. The van der Waals surface area contributed by atoms with Crippen molar-refractivity contribution in [2.45, 2.75) is 38.5 Å². The van der Waals surface area contributed by atoms with E-state index in [9.17, 15) is 0 Å². The molecule has 1 fully saturated rings. The van der Waals surface area contributed by atoms with E-state index in [2.05, 4.69) is 15.0 Å². The Morgan fingerprint density at radius 3 is 2.83 bits per heavy atom. The van der Waals surface area contributed by atoms with Gasteiger partial charge >= 0.3 is 0 Å². The number of nitrogens with zero attached hydrogens (tertiary/aromatic N) is 2. The Morgan fingerprint density at radius 2 is 2.06 bits per heavy atom. The summed E-state index contributed by atoms with van der Waals surface area (Å²) >= 11 is 0. The summed E-state index contributed by atoms with van der Waals surface area (Å²) in [6, 6.07) is 3.85. The molecule has 0 amide bonds. The molecule has 1 saturated carbocycles. The van der Waals surface area contributed by atoms with Gasteiger partial charge in [0.1, 0.15) is 5.82 Å². The lowest BCUT2D eigenvalue weighted by Gasteiger charge is -2.20. The van der Waals surface area contributed by atoms with Gasteiger partial charge in [0.15, 0.2) is 5.65 Å². The average Bonchev–Trinajstić information content (AvgIpc) is 2.80. The molecular formula is C14H19N3O. The van der Waals surface area contributed by atoms with Crippen LogP contribution in [0.25, 0.3) is 11.2 Å². The Bertz CT molecular complexity index is 529. The van der Waals surface area contributed by atoms with Crippen molar-refractivity contribution >= 4 is 11.2 Å². The molecule has 1 aliphatic carbocycles. The zero-order chi connectivity index (χ0) is 12.4. The molecule has 3 rings (SSSR count). The monoisotopic (exact) mass is 245 g/mol. The highest BCUT2D eigenvalue weighted by Gasteiger charge is 2.16. The van der Waals surface area contributed by atoms with Gasteiger partial charge in [-0.05, 0) is 12.0 Å². The third-order valence-corrected chi connectivity index (χ3v) is 3.79. The van der Waals surface area contributed by atoms with E-state index in [1.54, 1.807) is 7.11 Å². The molecule has 2 heterocycles. The summed E-state index contributed by atoms with van der Waals surface area (Å²) in [5, 5.41) is 0. The number of nitrogens with one attached hydrogen (secondary N) is 1. The van der Waals surface area contributed by atoms with Gasteiger partial charge in [-0.3, -0.25) is 0 Å². The van der Waals surface area contributed by atoms with E-state index in [0.717, 1.165) is 29.3 Å². The largest absolute Gasteiger partial charge is 0.481 e. The fourth-order valence-electron chi connectivity index (χ4n) is 2.80. The first kappa shape index (κ1) is 11.5. The molecule has 2 aromatic heterocycles. The molecule has 0 unspecified atom stereocenters. The minimum Gasteiger partial charge on any atom is -0.481 e. The van der Waals surface area contributed by atoms with Crippen LogP contribution in [0, 0.1) is 5.92 Å². The average molecular weight is 245 g/mol. The first-order chi connectivity index (χ1) is 8.85. The van der Waals surface area contributed by atoms with Crippen LogP contribution >= 0.6 is 0 Å². The van der Waals surface area contributed by atoms with Crippen LogP contribution in [0.4, 0.5) is 0 Å². The van der Waals surface area contributed by atoms with Crippen LogP contribution < -0.4 is 4.74 Å². The summed E-state index contributed by atoms with van der Waals surface area (Å²) in [5.41, 5.74) is 1.77. The maximum atomic E-state index is 5.12. The molecule has 0 atom stereocenters. The lowest BCUT2D eigenvalue weighted by atomic mass is 9.87. The Balaban J connectivity index is 1.79. The SMILES string of the molecule is COc1ccc2[nH]c(CC3CCCCC3)nc2n1. The van der Waals surface area contributed by atoms with Gasteiger partial charge in [-0.2, -0.15) is 4.98 Å². The van der Waals surface area contributed by atoms with E-state index in [1.807, 2.05) is 12.1 Å². The number of aromatic nitrogens is 3. The Morgan fingerprint density at radius 1 is 1.22 bits per heavy atom. The minimum absolute atomic E-state index is 0.623. The molecule has 1 N–H and O–H groups in total. The van der Waals surface area contributed by atoms with Crippen molar-refractivity contribution in [2.24, 2.45) is 5.92 Å². The Hall–Kier alpha value is -1.58. The van der Waals surface area contributed by atoms with Gasteiger partial charge in [0.25, 0.3) is 0 Å². The lowest BCUT2D eigenvalue weighted by molar-refractivity contribution is 0.352. The number of pyridine rings is 1. The number of fused-ring (bicyclic) bond motifs is 1. The molecule has 1 aliphatic rings. The van der Waals surface area contributed by atoms with E-state index < -0.39 is 0 Å². The van der Waals surface area contributed by atoms with Crippen molar-refractivity contribution in [2.75, 3.05) is 7.11 Å². The van der Waals surface area contributed by atoms with Crippen molar-refractivity contribution in [3.63, 3.8) is 0 Å². The maximum absolute atomic E-state index is 5.12. The van der Waals surface area contributed by atoms with Crippen molar-refractivity contribution in [1.82, 2.24) is 15.0 Å². The van der Waals surface area contributed by atoms with Crippen molar-refractivity contribution < 1.29 is 4.74 Å². The number of hydrogen-bond acceptors (Lipinski definition) is 3. The number of H-pyrrole nitrogens is 1. The van der Waals surface area contributed by atoms with E-state index in [1.165, 1.54) is 32.1 Å². The summed E-state index contributed by atoms with van der Waals surface area (Å²) < 4.78 is 5.12. The summed E-state index contributed by atoms with van der Waals surface area (Å²) in [7, 11) is 1.63. The van der Waals surface area contributed by atoms with E-state index >= 15 is 0 Å². The maximum Gasteiger partial charge on any atom is 0.215 e. The van der Waals surface area contributed by atoms with Crippen LogP contribution in [0.1, 0.15) is 37.9 Å². The highest BCUT2D eigenvalue weighted by Crippen LogP contribution is 2.26. The normalized spacial score (nSPS) is 17.2. The highest BCUT2D eigenvalue weighted by atomic mass is 16.5. The summed E-state index contributed by atoms with van der Waals surface area (Å²) in [4.78, 5) is 12.3. The third kappa shape index (κ3) is 2.33. The van der Waals surface area contributed by atoms with Crippen LogP contribution in [0.15, 0.2) is 12.1 Å². The third-order valence-electron chi connectivity index (χ3n) is 3.79. The molecule has 0 radical (unpaired) electrons. The van der Waals surface area contributed by atoms with Crippen molar-refractivity contribution in [1.29, 1.82) is 0 Å². The zero-order valence-corrected chi connectivity index (χ0v) is 10.8. The molecule has 0 saturated heterocycles. The van der Waals surface area contributed by atoms with Gasteiger partial charge in [0.05, 0.1) is 12.6 Å². The van der Waals surface area contributed by atoms with Gasteiger partial charge in [0, 0.05) is 12.5 Å². The molecule has 2 aromatic rings. The molecule has 96 valence electrons. The quantitative estimate of drug-likeness (QED) is 0.904. The highest BCUT2D eigenvalue weighted by molar-refractivity contribution is 5.71. The van der Waals surface area contributed by atoms with Gasteiger partial charge in [-0.1, -0.05) is 32.1 Å². The Kier molecular flexibility index (Phi) is 3.17. The molecule has 0 spiro atoms. The van der Waals surface area contributed by atoms with E-state index in [-0.39, 0.29) is 0 Å². The van der Waals surface area contributed by atoms with Gasteiger partial charge in [-0.25, -0.2) is 4.98 Å². The minimum atomic E-state index is 0.623. The second-order valence-corrected chi connectivity index (χ2v) is 5.12. The summed E-state index contributed by atoms with van der Waals surface area (Å²) in [5.74, 6) is 2.48. The Labute approximate surface area is 107 Å². The van der Waals surface area contributed by atoms with Crippen LogP contribution in [0.3, 0.4) is 0 Å². The molecule has 0 aliphatic heterocycles. The predicted octanol–water partition coefficient (Wildman–Crippen LogP) is 3.09. The number of ether oxygens (including phenoxy) is 1. The predicted molar refractivity (Wildman–Crippen MR) is 70.7 cm³/mol. The molecular weight excluding hydrogens is 226 g/mol. The standard InChI is InChI=1S/C14H19N3O/c1-18-13-8-7-11-14(17-13)16-12(15-11)9-10-5-3-2-4-6-10/h7-8,10H,2-6,9H2,1H3,(H,15,16,17). The first-order valence-corrected chi connectivity index (χ1v) is 6.75. The van der Waals surface area contributed by atoms with Crippen LogP contribution in [-0.2, 0) is 6.42 Å². The topological polar surface area (TPSA) is 50.8 Å². The molecule has 4 nitrogen and oxygen atoms in total. The molecule has 18 heavy (non-hydrogen) atoms. The zero-order valence-electron chi connectivity index (χ0n) is 10.8. The van der Waals surface area contributed by atoms with Gasteiger partial charge in [0.2, 0.25) is 5.88 Å². The lowest BCUT2D eigenvalue weighted by Crippen LogP contribution is -2.10. The van der Waals surface area contributed by atoms with Gasteiger partial charge < -0.3 is 9.72 Å². The molecule has 0 bridgehead atoms. The second-order valence-electron chi connectivity index (χ2n) is 5.12. The van der Waals surface area contributed by atoms with E-state index in [0.29, 0.717) is 5.88 Å². The summed E-state index contributed by atoms with van der Waals surface area (Å²) in [6.07, 6.45) is 7.88. The van der Waals surface area contributed by atoms with Crippen LogP contribution in [0.2, 0.25) is 0 Å². The number of aromatic amines is 1. The fourth-order valence-corrected chi connectivity index (χ4v) is 2.80. The number of imidazole rings is 1. The number of methoxy groups -OCH3 is 1. The summed E-state index contributed by atoms with van der Waals surface area (Å²) in [6.45, 7) is 0. The van der Waals surface area contributed by atoms with Crippen molar-refractivity contribution in [3.8, 4) is 5.88 Å². The van der Waals surface area contributed by atoms with Crippen molar-refractivity contribution in [3.05, 3.63) is 18.0 Å².